The number of aromatic nitrogens is 8. The molecular weight excluding hydrogens is 334 g/mol. The summed E-state index contributed by atoms with van der Waals surface area (Å²) in [5.74, 6) is 0.0648. The first kappa shape index (κ1) is 15.8. The standard InChI is InChI=1S/C16H15N9O/c1-10-7-11(2)25-16(19-10)20-14(22-25)15(26)18-8-12-9-24(23-21-12)13-3-5-17-6-4-13/h3-7,9H,8H2,1-2H3,(H,18,26). The molecule has 0 saturated carbocycles. The Morgan fingerprint density at radius 2 is 2.00 bits per heavy atom. The van der Waals surface area contributed by atoms with Gasteiger partial charge in [-0.3, -0.25) is 9.78 Å². The Morgan fingerprint density at radius 1 is 1.19 bits per heavy atom. The zero-order valence-corrected chi connectivity index (χ0v) is 14.2. The van der Waals surface area contributed by atoms with Crippen molar-refractivity contribution in [2.24, 2.45) is 0 Å². The fourth-order valence-electron chi connectivity index (χ4n) is 2.51. The van der Waals surface area contributed by atoms with E-state index < -0.39 is 5.91 Å². The molecule has 0 saturated heterocycles. The lowest BCUT2D eigenvalue weighted by Crippen LogP contribution is -2.24. The van der Waals surface area contributed by atoms with Crippen molar-refractivity contribution in [1.82, 2.24) is 44.9 Å². The lowest BCUT2D eigenvalue weighted by Gasteiger charge is -1.99. The van der Waals surface area contributed by atoms with Crippen molar-refractivity contribution in [2.75, 3.05) is 0 Å². The van der Waals surface area contributed by atoms with Gasteiger partial charge in [-0.15, -0.1) is 10.2 Å². The highest BCUT2D eigenvalue weighted by molar-refractivity contribution is 5.90. The van der Waals surface area contributed by atoms with Crippen molar-refractivity contribution in [3.63, 3.8) is 0 Å². The zero-order valence-electron chi connectivity index (χ0n) is 14.2. The summed E-state index contributed by atoms with van der Waals surface area (Å²) in [6.07, 6.45) is 5.08. The topological polar surface area (TPSA) is 116 Å². The van der Waals surface area contributed by atoms with Gasteiger partial charge in [0.25, 0.3) is 11.7 Å². The van der Waals surface area contributed by atoms with Crippen LogP contribution in [0.1, 0.15) is 27.7 Å². The summed E-state index contributed by atoms with van der Waals surface area (Å²) in [5.41, 5.74) is 3.13. The third-order valence-electron chi connectivity index (χ3n) is 3.72. The maximum Gasteiger partial charge on any atom is 0.291 e. The van der Waals surface area contributed by atoms with E-state index >= 15 is 0 Å². The quantitative estimate of drug-likeness (QED) is 0.575. The lowest BCUT2D eigenvalue weighted by molar-refractivity contribution is 0.0940. The normalized spacial score (nSPS) is 11.0. The Hall–Kier alpha value is -3.69. The van der Waals surface area contributed by atoms with Gasteiger partial charge in [-0.05, 0) is 32.0 Å². The Morgan fingerprint density at radius 3 is 2.81 bits per heavy atom. The van der Waals surface area contributed by atoms with Crippen LogP contribution in [0.5, 0.6) is 0 Å². The minimum atomic E-state index is -0.397. The molecule has 1 N–H and O–H groups in total. The monoisotopic (exact) mass is 349 g/mol. The van der Waals surface area contributed by atoms with Gasteiger partial charge in [0.15, 0.2) is 0 Å². The van der Waals surface area contributed by atoms with Crippen LogP contribution in [0.3, 0.4) is 0 Å². The molecule has 0 atom stereocenters. The average Bonchev–Trinajstić information content (AvgIpc) is 3.27. The fraction of sp³-hybridized carbons (Fsp3) is 0.188. The second-order valence-corrected chi connectivity index (χ2v) is 5.73. The largest absolute Gasteiger partial charge is 0.343 e. The molecule has 0 aliphatic rings. The van der Waals surface area contributed by atoms with E-state index in [1.807, 2.05) is 32.0 Å². The molecule has 10 heteroatoms. The van der Waals surface area contributed by atoms with Crippen LogP contribution in [0.2, 0.25) is 0 Å². The van der Waals surface area contributed by atoms with E-state index in [0.717, 1.165) is 17.1 Å². The van der Waals surface area contributed by atoms with E-state index in [1.165, 1.54) is 0 Å². The molecule has 26 heavy (non-hydrogen) atoms. The first-order valence-corrected chi connectivity index (χ1v) is 7.91. The minimum absolute atomic E-state index is 0.0627. The number of nitrogens with zero attached hydrogens (tertiary/aromatic N) is 8. The summed E-state index contributed by atoms with van der Waals surface area (Å²) in [5, 5.41) is 15.0. The number of amides is 1. The van der Waals surface area contributed by atoms with Gasteiger partial charge in [0.05, 0.1) is 18.4 Å². The Balaban J connectivity index is 1.48. The van der Waals surface area contributed by atoms with E-state index in [0.29, 0.717) is 11.5 Å². The molecule has 0 aromatic carbocycles. The van der Waals surface area contributed by atoms with Crippen molar-refractivity contribution in [1.29, 1.82) is 0 Å². The number of aryl methyl sites for hydroxylation is 2. The van der Waals surface area contributed by atoms with E-state index in [2.05, 4.69) is 35.7 Å². The van der Waals surface area contributed by atoms with Crippen molar-refractivity contribution in [2.45, 2.75) is 20.4 Å². The number of carbonyl (C=O) groups is 1. The van der Waals surface area contributed by atoms with Gasteiger partial charge in [0.1, 0.15) is 5.69 Å². The van der Waals surface area contributed by atoms with Gasteiger partial charge in [0.2, 0.25) is 5.82 Å². The highest BCUT2D eigenvalue weighted by Gasteiger charge is 2.15. The summed E-state index contributed by atoms with van der Waals surface area (Å²) < 4.78 is 3.16. The van der Waals surface area contributed by atoms with E-state index in [4.69, 9.17) is 0 Å². The molecule has 0 unspecified atom stereocenters. The van der Waals surface area contributed by atoms with E-state index in [-0.39, 0.29) is 12.4 Å². The summed E-state index contributed by atoms with van der Waals surface area (Å²) in [7, 11) is 0. The van der Waals surface area contributed by atoms with Crippen molar-refractivity contribution in [3.05, 3.63) is 59.7 Å². The first-order chi connectivity index (χ1) is 12.6. The molecule has 0 aliphatic heterocycles. The van der Waals surface area contributed by atoms with Gasteiger partial charge < -0.3 is 5.32 Å². The number of pyridine rings is 1. The number of hydrogen-bond acceptors (Lipinski definition) is 7. The Bertz CT molecular complexity index is 1080. The van der Waals surface area contributed by atoms with Crippen LogP contribution in [0.4, 0.5) is 0 Å². The predicted molar refractivity (Wildman–Crippen MR) is 90.6 cm³/mol. The second-order valence-electron chi connectivity index (χ2n) is 5.73. The Kier molecular flexibility index (Phi) is 3.84. The summed E-state index contributed by atoms with van der Waals surface area (Å²) in [4.78, 5) is 24.7. The number of hydrogen-bond donors (Lipinski definition) is 1. The lowest BCUT2D eigenvalue weighted by atomic mass is 10.4. The maximum atomic E-state index is 12.3. The van der Waals surface area contributed by atoms with Crippen LogP contribution in [-0.2, 0) is 6.54 Å². The molecule has 130 valence electrons. The zero-order chi connectivity index (χ0) is 18.1. The molecule has 4 aromatic heterocycles. The van der Waals surface area contributed by atoms with Gasteiger partial charge in [-0.1, -0.05) is 5.21 Å². The van der Waals surface area contributed by atoms with Crippen LogP contribution in [0.15, 0.2) is 36.8 Å². The van der Waals surface area contributed by atoms with E-state index in [1.54, 1.807) is 27.8 Å². The number of rotatable bonds is 4. The third-order valence-corrected chi connectivity index (χ3v) is 3.72. The van der Waals surface area contributed by atoms with Gasteiger partial charge >= 0.3 is 0 Å². The number of fused-ring (bicyclic) bond motifs is 1. The van der Waals surface area contributed by atoms with Crippen LogP contribution in [0.25, 0.3) is 11.5 Å². The van der Waals surface area contributed by atoms with Crippen molar-refractivity contribution >= 4 is 11.7 Å². The molecule has 4 rings (SSSR count). The fourth-order valence-corrected chi connectivity index (χ4v) is 2.51. The van der Waals surface area contributed by atoms with E-state index in [9.17, 15) is 4.79 Å². The summed E-state index contributed by atoms with van der Waals surface area (Å²) in [6.45, 7) is 3.97. The molecule has 0 radical (unpaired) electrons. The number of carbonyl (C=O) groups excluding carboxylic acids is 1. The molecular formula is C16H15N9O. The molecule has 4 heterocycles. The SMILES string of the molecule is Cc1cc(C)n2nc(C(=O)NCc3cn(-c4ccncc4)nn3)nc2n1. The van der Waals surface area contributed by atoms with Gasteiger partial charge in [-0.25, -0.2) is 14.2 Å². The molecule has 0 fully saturated rings. The molecule has 4 aromatic rings. The molecule has 0 bridgehead atoms. The Labute approximate surface area is 147 Å². The number of nitrogens with one attached hydrogen (secondary N) is 1. The predicted octanol–water partition coefficient (Wildman–Crippen LogP) is 0.647. The van der Waals surface area contributed by atoms with Crippen LogP contribution >= 0.6 is 0 Å². The maximum absolute atomic E-state index is 12.3. The first-order valence-electron chi connectivity index (χ1n) is 7.91. The van der Waals surface area contributed by atoms with Crippen LogP contribution in [-0.4, -0.2) is 45.5 Å². The molecule has 0 spiro atoms. The van der Waals surface area contributed by atoms with Crippen molar-refractivity contribution in [3.8, 4) is 5.69 Å². The second kappa shape index (κ2) is 6.31. The molecule has 1 amide bonds. The summed E-state index contributed by atoms with van der Waals surface area (Å²) >= 11 is 0. The van der Waals surface area contributed by atoms with Crippen LogP contribution < -0.4 is 5.32 Å². The van der Waals surface area contributed by atoms with Crippen molar-refractivity contribution < 1.29 is 4.79 Å². The summed E-state index contributed by atoms with van der Waals surface area (Å²) in [6, 6.07) is 5.50. The highest BCUT2D eigenvalue weighted by Crippen LogP contribution is 2.06. The smallest absolute Gasteiger partial charge is 0.291 e. The average molecular weight is 349 g/mol. The minimum Gasteiger partial charge on any atom is -0.343 e. The van der Waals surface area contributed by atoms with Gasteiger partial charge in [0, 0.05) is 23.8 Å². The van der Waals surface area contributed by atoms with Crippen LogP contribution in [0, 0.1) is 13.8 Å². The molecule has 0 aliphatic carbocycles. The molecule has 10 nitrogen and oxygen atoms in total. The highest BCUT2D eigenvalue weighted by atomic mass is 16.2. The van der Waals surface area contributed by atoms with Gasteiger partial charge in [-0.2, -0.15) is 4.98 Å². The third kappa shape index (κ3) is 2.99.